The third-order valence-corrected chi connectivity index (χ3v) is 1.63. The minimum atomic E-state index is -0.475. The highest BCUT2D eigenvalue weighted by Gasteiger charge is 2.15. The summed E-state index contributed by atoms with van der Waals surface area (Å²) in [6.45, 7) is 8.28. The molecule has 0 amide bonds. The number of rotatable bonds is 5. The van der Waals surface area contributed by atoms with Crippen LogP contribution in [0.3, 0.4) is 0 Å². The maximum atomic E-state index is 11.3. The SMILES string of the molecule is CCCCNC(N)=NCC(=O)OC(C)(C)C.I. The van der Waals surface area contributed by atoms with Gasteiger partial charge in [-0.05, 0) is 27.2 Å². The summed E-state index contributed by atoms with van der Waals surface area (Å²) < 4.78 is 5.08. The molecule has 0 bridgehead atoms. The standard InChI is InChI=1S/C11H23N3O2.HI/c1-5-6-7-13-10(12)14-8-9(15)16-11(2,3)4;/h5-8H2,1-4H3,(H3,12,13,14);1H. The highest BCUT2D eigenvalue weighted by atomic mass is 127. The molecule has 17 heavy (non-hydrogen) atoms. The molecule has 0 aromatic heterocycles. The Bertz CT molecular complexity index is 250. The smallest absolute Gasteiger partial charge is 0.328 e. The number of carbonyl (C=O) groups excluding carboxylic acids is 1. The lowest BCUT2D eigenvalue weighted by Crippen LogP contribution is -2.33. The number of nitrogens with zero attached hydrogens (tertiary/aromatic N) is 1. The van der Waals surface area contributed by atoms with E-state index in [9.17, 15) is 4.79 Å². The van der Waals surface area contributed by atoms with E-state index in [1.165, 1.54) is 0 Å². The zero-order valence-electron chi connectivity index (χ0n) is 11.1. The molecular formula is C11H24IN3O2. The lowest BCUT2D eigenvalue weighted by atomic mass is 10.2. The predicted octanol–water partition coefficient (Wildman–Crippen LogP) is 1.65. The zero-order valence-corrected chi connectivity index (χ0v) is 13.4. The first-order valence-corrected chi connectivity index (χ1v) is 5.61. The van der Waals surface area contributed by atoms with Crippen LogP contribution in [0, 0.1) is 0 Å². The third-order valence-electron chi connectivity index (χ3n) is 1.63. The van der Waals surface area contributed by atoms with E-state index in [0.29, 0.717) is 5.96 Å². The van der Waals surface area contributed by atoms with Crippen molar-refractivity contribution in [2.24, 2.45) is 10.7 Å². The van der Waals surface area contributed by atoms with Crippen molar-refractivity contribution in [2.45, 2.75) is 46.1 Å². The zero-order chi connectivity index (χ0) is 12.6. The Labute approximate surface area is 121 Å². The molecule has 0 rings (SSSR count). The van der Waals surface area contributed by atoms with Crippen molar-refractivity contribution in [1.29, 1.82) is 0 Å². The Balaban J connectivity index is 0. The Hall–Kier alpha value is -0.530. The van der Waals surface area contributed by atoms with Gasteiger partial charge in [0.2, 0.25) is 0 Å². The molecule has 0 aliphatic carbocycles. The van der Waals surface area contributed by atoms with Gasteiger partial charge in [-0.25, -0.2) is 4.99 Å². The lowest BCUT2D eigenvalue weighted by Gasteiger charge is -2.18. The molecule has 0 aliphatic rings. The Morgan fingerprint density at radius 1 is 1.41 bits per heavy atom. The van der Waals surface area contributed by atoms with E-state index in [4.69, 9.17) is 10.5 Å². The van der Waals surface area contributed by atoms with Crippen LogP contribution >= 0.6 is 24.0 Å². The molecule has 0 unspecified atom stereocenters. The van der Waals surface area contributed by atoms with E-state index in [1.807, 2.05) is 20.8 Å². The third kappa shape index (κ3) is 13.4. The molecule has 0 aromatic carbocycles. The minimum Gasteiger partial charge on any atom is -0.459 e. The van der Waals surface area contributed by atoms with Crippen molar-refractivity contribution in [1.82, 2.24) is 5.32 Å². The summed E-state index contributed by atoms with van der Waals surface area (Å²) in [6, 6.07) is 0. The Morgan fingerprint density at radius 3 is 2.47 bits per heavy atom. The number of nitrogens with two attached hydrogens (primary N) is 1. The molecule has 0 saturated carbocycles. The van der Waals surface area contributed by atoms with Crippen molar-refractivity contribution < 1.29 is 9.53 Å². The van der Waals surface area contributed by atoms with Gasteiger partial charge in [-0.15, -0.1) is 24.0 Å². The maximum Gasteiger partial charge on any atom is 0.328 e. The molecule has 5 nitrogen and oxygen atoms in total. The van der Waals surface area contributed by atoms with Gasteiger partial charge in [-0.2, -0.15) is 0 Å². The fraction of sp³-hybridized carbons (Fsp3) is 0.818. The van der Waals surface area contributed by atoms with Crippen molar-refractivity contribution in [2.75, 3.05) is 13.1 Å². The van der Waals surface area contributed by atoms with E-state index in [1.54, 1.807) is 0 Å². The van der Waals surface area contributed by atoms with Crippen LogP contribution in [-0.2, 0) is 9.53 Å². The molecule has 0 atom stereocenters. The van der Waals surface area contributed by atoms with E-state index >= 15 is 0 Å². The van der Waals surface area contributed by atoms with Gasteiger partial charge in [0, 0.05) is 6.54 Å². The van der Waals surface area contributed by atoms with E-state index in [0.717, 1.165) is 19.4 Å². The maximum absolute atomic E-state index is 11.3. The molecule has 6 heteroatoms. The molecule has 0 fully saturated rings. The summed E-state index contributed by atoms with van der Waals surface area (Å²) in [4.78, 5) is 15.2. The summed E-state index contributed by atoms with van der Waals surface area (Å²) >= 11 is 0. The van der Waals surface area contributed by atoms with Crippen molar-refractivity contribution in [3.8, 4) is 0 Å². The number of hydrogen-bond donors (Lipinski definition) is 2. The van der Waals surface area contributed by atoms with Crippen molar-refractivity contribution in [3.05, 3.63) is 0 Å². The minimum absolute atomic E-state index is 0. The number of esters is 1. The molecule has 0 heterocycles. The predicted molar refractivity (Wildman–Crippen MR) is 80.7 cm³/mol. The summed E-state index contributed by atoms with van der Waals surface area (Å²) in [5, 5.41) is 2.92. The van der Waals surface area contributed by atoms with Crippen LogP contribution in [0.4, 0.5) is 0 Å². The molecule has 0 aliphatic heterocycles. The lowest BCUT2D eigenvalue weighted by molar-refractivity contribution is -0.152. The van der Waals surface area contributed by atoms with E-state index in [-0.39, 0.29) is 36.5 Å². The topological polar surface area (TPSA) is 76.7 Å². The van der Waals surface area contributed by atoms with Crippen LogP contribution in [0.2, 0.25) is 0 Å². The molecule has 0 radical (unpaired) electrons. The molecule has 0 aromatic rings. The number of halogens is 1. The van der Waals surface area contributed by atoms with Gasteiger partial charge in [0.25, 0.3) is 0 Å². The molecular weight excluding hydrogens is 333 g/mol. The summed E-state index contributed by atoms with van der Waals surface area (Å²) in [5.74, 6) is -0.0768. The van der Waals surface area contributed by atoms with E-state index in [2.05, 4.69) is 17.2 Å². The average molecular weight is 357 g/mol. The second-order valence-electron chi connectivity index (χ2n) is 4.57. The van der Waals surface area contributed by atoms with Crippen molar-refractivity contribution in [3.63, 3.8) is 0 Å². The van der Waals surface area contributed by atoms with E-state index < -0.39 is 5.60 Å². The second kappa shape index (κ2) is 9.49. The number of nitrogens with one attached hydrogen (secondary N) is 1. The fourth-order valence-corrected chi connectivity index (χ4v) is 0.973. The van der Waals surface area contributed by atoms with Crippen LogP contribution in [-0.4, -0.2) is 30.6 Å². The first-order valence-electron chi connectivity index (χ1n) is 5.61. The quantitative estimate of drug-likeness (QED) is 0.258. The van der Waals surface area contributed by atoms with Crippen molar-refractivity contribution >= 4 is 35.9 Å². The van der Waals surface area contributed by atoms with Crippen LogP contribution in [0.5, 0.6) is 0 Å². The first kappa shape index (κ1) is 18.8. The van der Waals surface area contributed by atoms with Gasteiger partial charge in [-0.1, -0.05) is 13.3 Å². The number of unbranched alkanes of at least 4 members (excludes halogenated alkanes) is 1. The highest BCUT2D eigenvalue weighted by molar-refractivity contribution is 14.0. The number of carbonyl (C=O) groups is 1. The number of guanidine groups is 1. The molecule has 102 valence electrons. The van der Waals surface area contributed by atoms with Gasteiger partial charge in [0.15, 0.2) is 5.96 Å². The number of aliphatic imine (C=N–C) groups is 1. The van der Waals surface area contributed by atoms with Gasteiger partial charge in [0.1, 0.15) is 12.1 Å². The first-order chi connectivity index (χ1) is 7.35. The molecule has 0 spiro atoms. The largest absolute Gasteiger partial charge is 0.459 e. The highest BCUT2D eigenvalue weighted by Crippen LogP contribution is 2.06. The van der Waals surface area contributed by atoms with Crippen LogP contribution in [0.25, 0.3) is 0 Å². The van der Waals surface area contributed by atoms with Gasteiger partial charge < -0.3 is 15.8 Å². The van der Waals surface area contributed by atoms with Gasteiger partial charge >= 0.3 is 5.97 Å². The summed E-state index contributed by atoms with van der Waals surface area (Å²) in [6.07, 6.45) is 2.12. The Kier molecular flexibility index (Phi) is 10.5. The monoisotopic (exact) mass is 357 g/mol. The normalized spacial score (nSPS) is 11.6. The fourth-order valence-electron chi connectivity index (χ4n) is 0.973. The molecule has 3 N–H and O–H groups in total. The number of ether oxygens (including phenoxy) is 1. The van der Waals surface area contributed by atoms with Crippen LogP contribution in [0.15, 0.2) is 4.99 Å². The summed E-state index contributed by atoms with van der Waals surface area (Å²) in [5.41, 5.74) is 5.08. The summed E-state index contributed by atoms with van der Waals surface area (Å²) in [7, 11) is 0. The van der Waals surface area contributed by atoms with Crippen LogP contribution < -0.4 is 11.1 Å². The molecule has 0 saturated heterocycles. The average Bonchev–Trinajstić information content (AvgIpc) is 2.12. The van der Waals surface area contributed by atoms with Gasteiger partial charge in [-0.3, -0.25) is 4.79 Å². The van der Waals surface area contributed by atoms with Gasteiger partial charge in [0.05, 0.1) is 0 Å². The Morgan fingerprint density at radius 2 is 2.00 bits per heavy atom. The second-order valence-corrected chi connectivity index (χ2v) is 4.57. The number of hydrogen-bond acceptors (Lipinski definition) is 3. The van der Waals surface area contributed by atoms with Crippen LogP contribution in [0.1, 0.15) is 40.5 Å².